The molecule has 0 aliphatic heterocycles. The second-order valence-electron chi connectivity index (χ2n) is 0.720. The molecule has 0 amide bonds. The van der Waals surface area contributed by atoms with Gasteiger partial charge in [-0.05, 0) is 0 Å². The summed E-state index contributed by atoms with van der Waals surface area (Å²) in [6.07, 6.45) is 1.64. The minimum absolute atomic E-state index is 0. The zero-order chi connectivity index (χ0) is 5.91. The fraction of sp³-hybridized carbons (Fsp3) is 0. The van der Waals surface area contributed by atoms with Crippen molar-refractivity contribution in [1.29, 1.82) is 0 Å². The third-order valence-corrected chi connectivity index (χ3v) is 0.525. The first-order valence-corrected chi connectivity index (χ1v) is 2.76. The molecule has 0 aromatic rings. The molecule has 3 nitrogen and oxygen atoms in total. The number of hydrogen-bond acceptors (Lipinski definition) is 3. The molecule has 0 atom stereocenters. The molecule has 0 aliphatic carbocycles. The van der Waals surface area contributed by atoms with Gasteiger partial charge in [-0.15, -0.1) is 0 Å². The Morgan fingerprint density at radius 2 is 2.00 bits per heavy atom. The molecule has 0 rings (SSSR count). The van der Waals surface area contributed by atoms with Crippen LogP contribution in [-0.4, -0.2) is 15.5 Å². The van der Waals surface area contributed by atoms with E-state index in [-0.39, 0.29) is 32.7 Å². The monoisotopic (exact) mass is 206 g/mol. The Bertz CT molecular complexity index is 151. The molecule has 3 radical (unpaired) electrons. The third-order valence-electron chi connectivity index (χ3n) is 0.175. The Labute approximate surface area is 74.8 Å². The summed E-state index contributed by atoms with van der Waals surface area (Å²) in [5.41, 5.74) is 0. The van der Waals surface area contributed by atoms with E-state index in [0.717, 1.165) is 0 Å². The largest absolute Gasteiger partial charge is 0.603 e. The van der Waals surface area contributed by atoms with Crippen LogP contribution in [0.1, 0.15) is 0 Å². The molecule has 0 fully saturated rings. The number of hydrogen-bond donors (Lipinski definition) is 0. The fourth-order valence-corrected chi connectivity index (χ4v) is 0.246. The molecule has 0 aromatic heterocycles. The summed E-state index contributed by atoms with van der Waals surface area (Å²) in [6, 6.07) is 0. The Morgan fingerprint density at radius 1 is 1.62 bits per heavy atom. The molecule has 0 saturated heterocycles. The SMILES string of the molecule is [B]S(=O)(=O)O[C-]=C.[Y]. The first-order valence-electron chi connectivity index (χ1n) is 1.29. The molecular formula is C2H2BO3SY-. The van der Waals surface area contributed by atoms with Crippen molar-refractivity contribution < 1.29 is 45.3 Å². The zero-order valence-corrected chi connectivity index (χ0v) is 7.65. The predicted octanol–water partition coefficient (Wildman–Crippen LogP) is -0.640. The second kappa shape index (κ2) is 4.53. The fourth-order valence-electron chi connectivity index (χ4n) is 0.0821. The van der Waals surface area contributed by atoms with Gasteiger partial charge in [0.15, 0.2) is 0 Å². The van der Waals surface area contributed by atoms with Crippen molar-refractivity contribution in [3.63, 3.8) is 0 Å². The topological polar surface area (TPSA) is 43.4 Å². The standard InChI is InChI=1S/C2H2BO3S.Y/c1-2-6-7(3,4)5;/h1H2;/q-1;. The third kappa shape index (κ3) is 9.82. The van der Waals surface area contributed by atoms with Gasteiger partial charge in [-0.25, -0.2) is 15.0 Å². The molecule has 0 bridgehead atoms. The van der Waals surface area contributed by atoms with Crippen LogP contribution in [0, 0.1) is 6.26 Å². The zero-order valence-electron chi connectivity index (χ0n) is 3.99. The Hall–Kier alpha value is 0.659. The Morgan fingerprint density at radius 3 is 2.00 bits per heavy atom. The van der Waals surface area contributed by atoms with Gasteiger partial charge in [0.2, 0.25) is 9.97 Å². The van der Waals surface area contributed by atoms with E-state index in [0.29, 0.717) is 0 Å². The first-order chi connectivity index (χ1) is 3.06. The van der Waals surface area contributed by atoms with E-state index in [1.54, 1.807) is 6.26 Å². The molecule has 0 aromatic carbocycles. The molecule has 6 heteroatoms. The van der Waals surface area contributed by atoms with E-state index < -0.39 is 9.97 Å². The van der Waals surface area contributed by atoms with E-state index in [2.05, 4.69) is 17.9 Å². The van der Waals surface area contributed by atoms with Crippen LogP contribution in [-0.2, 0) is 46.9 Å². The average Bonchev–Trinajstić information content (AvgIpc) is 1.30. The van der Waals surface area contributed by atoms with Crippen LogP contribution in [0.4, 0.5) is 0 Å². The van der Waals surface area contributed by atoms with Crippen LogP contribution in [0.2, 0.25) is 0 Å². The molecule has 0 spiro atoms. The minimum atomic E-state index is -3.85. The van der Waals surface area contributed by atoms with Crippen molar-refractivity contribution in [3.8, 4) is 0 Å². The van der Waals surface area contributed by atoms with Gasteiger partial charge in [-0.1, -0.05) is 0 Å². The molecule has 0 heterocycles. The molecule has 8 heavy (non-hydrogen) atoms. The van der Waals surface area contributed by atoms with Crippen LogP contribution in [0.15, 0.2) is 6.58 Å². The van der Waals surface area contributed by atoms with Gasteiger partial charge in [-0.3, -0.25) is 6.26 Å². The van der Waals surface area contributed by atoms with Crippen molar-refractivity contribution in [2.45, 2.75) is 0 Å². The summed E-state index contributed by atoms with van der Waals surface area (Å²) in [5, 5.41) is 0. The normalized spacial score (nSPS) is 9.00. The van der Waals surface area contributed by atoms with Gasteiger partial charge >= 0.3 is 7.12 Å². The Balaban J connectivity index is 0. The van der Waals surface area contributed by atoms with Gasteiger partial charge in [-0.2, -0.15) is 0 Å². The van der Waals surface area contributed by atoms with E-state index in [4.69, 9.17) is 0 Å². The molecule has 0 N–H and O–H groups in total. The summed E-state index contributed by atoms with van der Waals surface area (Å²) >= 11 is 0. The first kappa shape index (κ1) is 11.5. The van der Waals surface area contributed by atoms with Gasteiger partial charge in [0.25, 0.3) is 0 Å². The maximum atomic E-state index is 9.68. The van der Waals surface area contributed by atoms with Crippen LogP contribution < -0.4 is 0 Å². The van der Waals surface area contributed by atoms with Crippen LogP contribution in [0.3, 0.4) is 0 Å². The van der Waals surface area contributed by atoms with Crippen molar-refractivity contribution in [3.05, 3.63) is 12.8 Å². The quantitative estimate of drug-likeness (QED) is 0.342. The second-order valence-corrected chi connectivity index (χ2v) is 1.87. The van der Waals surface area contributed by atoms with Gasteiger partial charge in [0.05, 0.1) is 0 Å². The van der Waals surface area contributed by atoms with E-state index in [9.17, 15) is 8.42 Å². The van der Waals surface area contributed by atoms with Crippen molar-refractivity contribution in [2.24, 2.45) is 0 Å². The maximum Gasteiger partial charge on any atom is 0.309 e. The van der Waals surface area contributed by atoms with Crippen LogP contribution >= 0.6 is 0 Å². The minimum Gasteiger partial charge on any atom is -0.603 e. The van der Waals surface area contributed by atoms with Crippen LogP contribution in [0.25, 0.3) is 0 Å². The van der Waals surface area contributed by atoms with E-state index >= 15 is 0 Å². The molecule has 0 saturated carbocycles. The van der Waals surface area contributed by atoms with Gasteiger partial charge in [0.1, 0.15) is 0 Å². The predicted molar refractivity (Wildman–Crippen MR) is 24.6 cm³/mol. The summed E-state index contributed by atoms with van der Waals surface area (Å²) < 4.78 is 23.0. The van der Waals surface area contributed by atoms with Gasteiger partial charge < -0.3 is 4.18 Å². The molecular weight excluding hydrogens is 204 g/mol. The smallest absolute Gasteiger partial charge is 0.309 e. The molecule has 0 aliphatic rings. The average molecular weight is 206 g/mol. The van der Waals surface area contributed by atoms with E-state index in [1.165, 1.54) is 0 Å². The summed E-state index contributed by atoms with van der Waals surface area (Å²) in [6.45, 7) is 2.84. The van der Waals surface area contributed by atoms with Crippen LogP contribution in [0.5, 0.6) is 0 Å². The Kier molecular flexibility index (Phi) is 6.49. The van der Waals surface area contributed by atoms with Crippen molar-refractivity contribution in [1.82, 2.24) is 0 Å². The molecule has 0 unspecified atom stereocenters. The summed E-state index contributed by atoms with van der Waals surface area (Å²) in [5.74, 6) is 0. The van der Waals surface area contributed by atoms with Crippen molar-refractivity contribution >= 4 is 17.1 Å². The maximum absolute atomic E-state index is 9.68. The van der Waals surface area contributed by atoms with Gasteiger partial charge in [0, 0.05) is 32.7 Å². The summed E-state index contributed by atoms with van der Waals surface area (Å²) in [4.78, 5) is 0. The molecule has 41 valence electrons. The number of rotatable bonds is 2. The van der Waals surface area contributed by atoms with Crippen molar-refractivity contribution in [2.75, 3.05) is 0 Å². The summed E-state index contributed by atoms with van der Waals surface area (Å²) in [7, 11) is 0.446. The van der Waals surface area contributed by atoms with E-state index in [1.807, 2.05) is 0 Å².